The molecule has 19 heavy (non-hydrogen) atoms. The quantitative estimate of drug-likeness (QED) is 0.292. The Hall–Kier alpha value is -0.630. The Morgan fingerprint density at radius 1 is 1.00 bits per heavy atom. The summed E-state index contributed by atoms with van der Waals surface area (Å²) >= 11 is 0. The fourth-order valence-electron chi connectivity index (χ4n) is 2.52. The molecular formula is C17H34NO+. The third-order valence-electron chi connectivity index (χ3n) is 3.80. The van der Waals surface area contributed by atoms with Crippen LogP contribution < -0.4 is 0 Å². The van der Waals surface area contributed by atoms with Gasteiger partial charge in [-0.2, -0.15) is 0 Å². The lowest BCUT2D eigenvalue weighted by atomic mass is 10.0. The maximum atomic E-state index is 11.9. The van der Waals surface area contributed by atoms with Crippen molar-refractivity contribution in [2.75, 3.05) is 21.1 Å². The summed E-state index contributed by atoms with van der Waals surface area (Å²) in [5.74, 6) is 0.190. The van der Waals surface area contributed by atoms with Gasteiger partial charge in [-0.05, 0) is 12.5 Å². The molecule has 0 bridgehead atoms. The molecule has 0 aliphatic rings. The molecule has 0 aromatic heterocycles. The molecule has 1 atom stereocenters. The summed E-state index contributed by atoms with van der Waals surface area (Å²) in [6, 6.07) is 0.0811. The summed E-state index contributed by atoms with van der Waals surface area (Å²) in [4.78, 5) is 11.9. The van der Waals surface area contributed by atoms with Crippen molar-refractivity contribution >= 4 is 5.78 Å². The maximum Gasteiger partial charge on any atom is 0.212 e. The van der Waals surface area contributed by atoms with Crippen molar-refractivity contribution in [3.05, 3.63) is 12.7 Å². The fraction of sp³-hybridized carbons (Fsp3) is 0.824. The predicted octanol–water partition coefficient (Wildman–Crippen LogP) is 4.35. The van der Waals surface area contributed by atoms with Gasteiger partial charge in [-0.1, -0.05) is 58.4 Å². The Bertz CT molecular complexity index is 252. The van der Waals surface area contributed by atoms with E-state index in [0.717, 1.165) is 12.8 Å². The van der Waals surface area contributed by atoms with Crippen LogP contribution in [0.25, 0.3) is 0 Å². The van der Waals surface area contributed by atoms with E-state index in [0.29, 0.717) is 4.48 Å². The molecule has 0 saturated heterocycles. The molecule has 0 saturated carbocycles. The molecule has 2 heteroatoms. The van der Waals surface area contributed by atoms with Crippen molar-refractivity contribution in [2.45, 2.75) is 70.8 Å². The fourth-order valence-corrected chi connectivity index (χ4v) is 2.52. The Morgan fingerprint density at radius 3 is 1.89 bits per heavy atom. The number of rotatable bonds is 12. The van der Waals surface area contributed by atoms with Gasteiger partial charge in [0.1, 0.15) is 0 Å². The topological polar surface area (TPSA) is 17.1 Å². The molecule has 0 N–H and O–H groups in total. The van der Waals surface area contributed by atoms with E-state index in [1.165, 1.54) is 51.0 Å². The number of likely N-dealkylation sites (N-methyl/N-ethyl adjacent to an activating group) is 1. The average molecular weight is 268 g/mol. The highest BCUT2D eigenvalue weighted by molar-refractivity contribution is 5.92. The first kappa shape index (κ1) is 18.4. The molecular weight excluding hydrogens is 234 g/mol. The summed E-state index contributed by atoms with van der Waals surface area (Å²) in [5.41, 5.74) is 0. The lowest BCUT2D eigenvalue weighted by molar-refractivity contribution is -0.886. The zero-order chi connectivity index (χ0) is 14.7. The van der Waals surface area contributed by atoms with Crippen LogP contribution in [-0.2, 0) is 4.79 Å². The van der Waals surface area contributed by atoms with E-state index in [2.05, 4.69) is 34.6 Å². The van der Waals surface area contributed by atoms with Crippen LogP contribution in [-0.4, -0.2) is 37.5 Å². The molecule has 0 aliphatic carbocycles. The van der Waals surface area contributed by atoms with Crippen molar-refractivity contribution in [2.24, 2.45) is 0 Å². The predicted molar refractivity (Wildman–Crippen MR) is 84.3 cm³/mol. The number of hydrogen-bond donors (Lipinski definition) is 0. The van der Waals surface area contributed by atoms with Crippen LogP contribution in [0.3, 0.4) is 0 Å². The molecule has 0 rings (SSSR count). The smallest absolute Gasteiger partial charge is 0.212 e. The number of carbonyl (C=O) groups excluding carboxylic acids is 1. The van der Waals surface area contributed by atoms with E-state index < -0.39 is 0 Å². The highest BCUT2D eigenvalue weighted by atomic mass is 16.1. The number of quaternary nitrogens is 1. The number of carbonyl (C=O) groups is 1. The third-order valence-corrected chi connectivity index (χ3v) is 3.80. The lowest BCUT2D eigenvalue weighted by Gasteiger charge is -2.32. The Labute approximate surface area is 120 Å². The van der Waals surface area contributed by atoms with E-state index in [1.54, 1.807) is 0 Å². The minimum Gasteiger partial charge on any atom is -0.322 e. The second kappa shape index (κ2) is 10.2. The number of hydrogen-bond acceptors (Lipinski definition) is 1. The van der Waals surface area contributed by atoms with Crippen LogP contribution in [0.5, 0.6) is 0 Å². The van der Waals surface area contributed by atoms with Gasteiger partial charge in [0, 0.05) is 6.42 Å². The van der Waals surface area contributed by atoms with Gasteiger partial charge in [0.05, 0.1) is 21.1 Å². The van der Waals surface area contributed by atoms with Gasteiger partial charge in [0.25, 0.3) is 0 Å². The van der Waals surface area contributed by atoms with E-state index >= 15 is 0 Å². The van der Waals surface area contributed by atoms with E-state index in [4.69, 9.17) is 0 Å². The largest absolute Gasteiger partial charge is 0.322 e. The highest BCUT2D eigenvalue weighted by Crippen LogP contribution is 2.16. The monoisotopic (exact) mass is 268 g/mol. The first-order valence-corrected chi connectivity index (χ1v) is 7.90. The Balaban J connectivity index is 3.77. The van der Waals surface area contributed by atoms with Crippen LogP contribution in [0.4, 0.5) is 0 Å². The van der Waals surface area contributed by atoms with Gasteiger partial charge < -0.3 is 4.48 Å². The highest BCUT2D eigenvalue weighted by Gasteiger charge is 2.28. The van der Waals surface area contributed by atoms with Crippen molar-refractivity contribution in [3.63, 3.8) is 0 Å². The summed E-state index contributed by atoms with van der Waals surface area (Å²) in [6.45, 7) is 5.87. The van der Waals surface area contributed by atoms with Crippen molar-refractivity contribution in [1.29, 1.82) is 0 Å². The van der Waals surface area contributed by atoms with Gasteiger partial charge in [-0.3, -0.25) is 4.79 Å². The summed E-state index contributed by atoms with van der Waals surface area (Å²) < 4.78 is 0.710. The van der Waals surface area contributed by atoms with Crippen LogP contribution in [0.2, 0.25) is 0 Å². The second-order valence-electron chi connectivity index (χ2n) is 6.50. The second-order valence-corrected chi connectivity index (χ2v) is 6.50. The molecule has 1 unspecified atom stereocenters. The minimum atomic E-state index is 0.0811. The molecule has 0 aliphatic heterocycles. The minimum absolute atomic E-state index is 0.0811. The number of unbranched alkanes of at least 4 members (excludes halogenated alkanes) is 7. The zero-order valence-electron chi connectivity index (χ0n) is 13.6. The summed E-state index contributed by atoms with van der Waals surface area (Å²) in [5, 5.41) is 0. The molecule has 0 amide bonds. The van der Waals surface area contributed by atoms with Crippen LogP contribution in [0.1, 0.15) is 64.7 Å². The first-order chi connectivity index (χ1) is 8.93. The van der Waals surface area contributed by atoms with E-state index in [9.17, 15) is 4.79 Å². The van der Waals surface area contributed by atoms with Crippen molar-refractivity contribution in [3.8, 4) is 0 Å². The van der Waals surface area contributed by atoms with Gasteiger partial charge in [-0.25, -0.2) is 0 Å². The molecule has 0 aromatic carbocycles. The number of ketones is 1. The standard InChI is InChI=1S/C17H34NO/c1-6-8-9-10-11-12-13-14-15-16(17(19)7-2)18(3,4)5/h7,16H,2,6,8-15H2,1,3-5H3/q+1. The van der Waals surface area contributed by atoms with Crippen LogP contribution in [0, 0.1) is 0 Å². The van der Waals surface area contributed by atoms with E-state index in [-0.39, 0.29) is 11.8 Å². The summed E-state index contributed by atoms with van der Waals surface area (Å²) in [6.07, 6.45) is 13.0. The third kappa shape index (κ3) is 8.99. The van der Waals surface area contributed by atoms with Gasteiger partial charge in [0.2, 0.25) is 5.78 Å². The first-order valence-electron chi connectivity index (χ1n) is 7.90. The average Bonchev–Trinajstić information content (AvgIpc) is 2.34. The molecule has 0 aromatic rings. The molecule has 112 valence electrons. The van der Waals surface area contributed by atoms with Crippen molar-refractivity contribution in [1.82, 2.24) is 0 Å². The van der Waals surface area contributed by atoms with Gasteiger partial charge in [-0.15, -0.1) is 0 Å². The molecule has 2 nitrogen and oxygen atoms in total. The SMILES string of the molecule is C=CC(=O)C(CCCCCCCCCC)[N+](C)(C)C. The normalized spacial score (nSPS) is 13.3. The molecule has 0 heterocycles. The maximum absolute atomic E-state index is 11.9. The van der Waals surface area contributed by atoms with Gasteiger partial charge >= 0.3 is 0 Å². The molecule has 0 fully saturated rings. The number of nitrogens with zero attached hydrogens (tertiary/aromatic N) is 1. The molecule has 0 spiro atoms. The van der Waals surface area contributed by atoms with Crippen LogP contribution >= 0.6 is 0 Å². The van der Waals surface area contributed by atoms with E-state index in [1.807, 2.05) is 0 Å². The lowest BCUT2D eigenvalue weighted by Crippen LogP contribution is -2.49. The summed E-state index contributed by atoms with van der Waals surface area (Å²) in [7, 11) is 6.28. The Morgan fingerprint density at radius 2 is 1.47 bits per heavy atom. The van der Waals surface area contributed by atoms with Crippen LogP contribution in [0.15, 0.2) is 12.7 Å². The van der Waals surface area contributed by atoms with Crippen molar-refractivity contribution < 1.29 is 9.28 Å². The Kier molecular flexibility index (Phi) is 9.85. The van der Waals surface area contributed by atoms with Gasteiger partial charge in [0.15, 0.2) is 6.04 Å². The zero-order valence-corrected chi connectivity index (χ0v) is 13.6. The molecule has 0 radical (unpaired) electrons.